The molecule has 2 atom stereocenters. The van der Waals surface area contributed by atoms with E-state index < -0.39 is 0 Å². The number of rotatable bonds is 3. The number of hydrogen-bond donors (Lipinski definition) is 0. The minimum Gasteiger partial charge on any atom is -0.337 e. The molecule has 5 nitrogen and oxygen atoms in total. The fourth-order valence-electron chi connectivity index (χ4n) is 4.22. The van der Waals surface area contributed by atoms with E-state index in [0.717, 1.165) is 40.1 Å². The maximum absolute atomic E-state index is 12.9. The van der Waals surface area contributed by atoms with E-state index in [-0.39, 0.29) is 5.91 Å². The van der Waals surface area contributed by atoms with Crippen molar-refractivity contribution in [1.82, 2.24) is 19.5 Å². The molecule has 1 aliphatic heterocycles. The molecule has 0 unspecified atom stereocenters. The third-order valence-corrected chi connectivity index (χ3v) is 6.50. The second kappa shape index (κ2) is 7.15. The van der Waals surface area contributed by atoms with Gasteiger partial charge in [0.05, 0.1) is 11.3 Å². The van der Waals surface area contributed by atoms with Crippen LogP contribution in [0.4, 0.5) is 0 Å². The molecule has 27 heavy (non-hydrogen) atoms. The topological polar surface area (TPSA) is 50.5 Å². The normalized spacial score (nSPS) is 20.5. The molecule has 6 heteroatoms. The van der Waals surface area contributed by atoms with E-state index in [9.17, 15) is 4.79 Å². The van der Waals surface area contributed by atoms with Crippen LogP contribution in [0.2, 0.25) is 0 Å². The van der Waals surface area contributed by atoms with Crippen molar-refractivity contribution in [1.29, 1.82) is 0 Å². The number of pyridine rings is 1. The third-order valence-electron chi connectivity index (χ3n) is 5.59. The predicted octanol–water partition coefficient (Wildman–Crippen LogP) is 4.38. The van der Waals surface area contributed by atoms with Crippen LogP contribution in [0.5, 0.6) is 0 Å². The average Bonchev–Trinajstić information content (AvgIpc) is 3.05. The Labute approximate surface area is 164 Å². The highest BCUT2D eigenvalue weighted by Crippen LogP contribution is 2.28. The van der Waals surface area contributed by atoms with Gasteiger partial charge in [-0.3, -0.25) is 9.20 Å². The summed E-state index contributed by atoms with van der Waals surface area (Å²) >= 11 is 1.49. The van der Waals surface area contributed by atoms with Crippen LogP contribution in [0, 0.1) is 13.8 Å². The molecule has 3 aromatic rings. The van der Waals surface area contributed by atoms with Crippen LogP contribution in [-0.4, -0.2) is 43.2 Å². The Bertz CT molecular complexity index is 1000. The summed E-state index contributed by atoms with van der Waals surface area (Å²) in [6.45, 7) is 8.46. The third kappa shape index (κ3) is 3.31. The van der Waals surface area contributed by atoms with Gasteiger partial charge in [0, 0.05) is 12.1 Å². The van der Waals surface area contributed by atoms with E-state index in [1.165, 1.54) is 23.7 Å². The molecule has 0 bridgehead atoms. The summed E-state index contributed by atoms with van der Waals surface area (Å²) in [5.74, 6) is 0.598. The van der Waals surface area contributed by atoms with Crippen molar-refractivity contribution >= 4 is 34.2 Å². The highest BCUT2D eigenvalue weighted by atomic mass is 32.2. The molecule has 1 aliphatic rings. The lowest BCUT2D eigenvalue weighted by Gasteiger charge is -2.39. The standard InChI is InChI=1S/C21H26N4OS/c1-13-8-9-17-11-14(2)20-22-23-21(25(20)18(17)10-13)27-12-19(26)24-15(3)6-5-7-16(24)4/h8-11,15-16H,5-7,12H2,1-4H3/t15-,16-/m0/s1. The summed E-state index contributed by atoms with van der Waals surface area (Å²) in [7, 11) is 0. The quantitative estimate of drug-likeness (QED) is 0.631. The van der Waals surface area contributed by atoms with Crippen LogP contribution in [0.3, 0.4) is 0 Å². The largest absolute Gasteiger partial charge is 0.337 e. The Hall–Kier alpha value is -2.08. The first-order chi connectivity index (χ1) is 13.0. The maximum Gasteiger partial charge on any atom is 0.233 e. The molecule has 0 aliphatic carbocycles. The molecule has 1 fully saturated rings. The van der Waals surface area contributed by atoms with Gasteiger partial charge < -0.3 is 4.90 Å². The first-order valence-corrected chi connectivity index (χ1v) is 10.6. The SMILES string of the molecule is Cc1ccc2cc(C)c3nnc(SCC(=O)N4[C@@H](C)CCC[C@@H]4C)n3c2c1. The fraction of sp³-hybridized carbons (Fsp3) is 0.476. The Morgan fingerprint density at radius 2 is 1.89 bits per heavy atom. The van der Waals surface area contributed by atoms with E-state index in [4.69, 9.17) is 0 Å². The summed E-state index contributed by atoms with van der Waals surface area (Å²) in [6, 6.07) is 9.20. The van der Waals surface area contributed by atoms with Gasteiger partial charge in [-0.1, -0.05) is 23.9 Å². The van der Waals surface area contributed by atoms with E-state index in [0.29, 0.717) is 17.8 Å². The molecule has 1 saturated heterocycles. The number of nitrogens with zero attached hydrogens (tertiary/aromatic N) is 4. The van der Waals surface area contributed by atoms with Crippen molar-refractivity contribution in [2.24, 2.45) is 0 Å². The van der Waals surface area contributed by atoms with Gasteiger partial charge in [-0.05, 0) is 75.6 Å². The van der Waals surface area contributed by atoms with Crippen molar-refractivity contribution in [3.8, 4) is 0 Å². The van der Waals surface area contributed by atoms with E-state index >= 15 is 0 Å². The molecule has 0 radical (unpaired) electrons. The number of amides is 1. The second-order valence-corrected chi connectivity index (χ2v) is 8.69. The minimum absolute atomic E-state index is 0.199. The highest BCUT2D eigenvalue weighted by Gasteiger charge is 2.29. The molecular weight excluding hydrogens is 356 g/mol. The van der Waals surface area contributed by atoms with Crippen LogP contribution >= 0.6 is 11.8 Å². The first kappa shape index (κ1) is 18.3. The van der Waals surface area contributed by atoms with Gasteiger partial charge in [0.2, 0.25) is 5.91 Å². The van der Waals surface area contributed by atoms with Crippen molar-refractivity contribution in [3.05, 3.63) is 35.4 Å². The monoisotopic (exact) mass is 382 g/mol. The molecule has 3 heterocycles. The van der Waals surface area contributed by atoms with E-state index in [1.54, 1.807) is 0 Å². The van der Waals surface area contributed by atoms with Crippen LogP contribution in [-0.2, 0) is 4.79 Å². The number of hydrogen-bond acceptors (Lipinski definition) is 4. The zero-order valence-electron chi connectivity index (χ0n) is 16.4. The van der Waals surface area contributed by atoms with Gasteiger partial charge in [-0.2, -0.15) is 0 Å². The summed E-state index contributed by atoms with van der Waals surface area (Å²) in [4.78, 5) is 14.9. The zero-order valence-corrected chi connectivity index (χ0v) is 17.2. The minimum atomic E-state index is 0.199. The van der Waals surface area contributed by atoms with Gasteiger partial charge >= 0.3 is 0 Å². The van der Waals surface area contributed by atoms with Crippen LogP contribution in [0.1, 0.15) is 44.2 Å². The van der Waals surface area contributed by atoms with Crippen molar-refractivity contribution in [3.63, 3.8) is 0 Å². The Morgan fingerprint density at radius 1 is 1.15 bits per heavy atom. The summed E-state index contributed by atoms with van der Waals surface area (Å²) in [5.41, 5.74) is 4.25. The molecule has 0 saturated carbocycles. The number of piperidine rings is 1. The molecule has 0 spiro atoms. The molecule has 142 valence electrons. The smallest absolute Gasteiger partial charge is 0.233 e. The highest BCUT2D eigenvalue weighted by molar-refractivity contribution is 7.99. The number of fused-ring (bicyclic) bond motifs is 3. The Balaban J connectivity index is 1.65. The lowest BCUT2D eigenvalue weighted by Crippen LogP contribution is -2.48. The summed E-state index contributed by atoms with van der Waals surface area (Å²) < 4.78 is 2.10. The van der Waals surface area contributed by atoms with Crippen molar-refractivity contribution < 1.29 is 4.79 Å². The molecule has 4 rings (SSSR count). The van der Waals surface area contributed by atoms with Gasteiger partial charge in [0.25, 0.3) is 0 Å². The zero-order chi connectivity index (χ0) is 19.1. The molecule has 1 aromatic carbocycles. The lowest BCUT2D eigenvalue weighted by atomic mass is 9.98. The number of carbonyl (C=O) groups is 1. The summed E-state index contributed by atoms with van der Waals surface area (Å²) in [6.07, 6.45) is 3.40. The van der Waals surface area contributed by atoms with Gasteiger partial charge in [-0.15, -0.1) is 10.2 Å². The lowest BCUT2D eigenvalue weighted by molar-refractivity contribution is -0.134. The van der Waals surface area contributed by atoms with E-state index in [2.05, 4.69) is 71.5 Å². The summed E-state index contributed by atoms with van der Waals surface area (Å²) in [5, 5.41) is 10.7. The number of benzene rings is 1. The Kier molecular flexibility index (Phi) is 4.84. The molecule has 0 N–H and O–H groups in total. The van der Waals surface area contributed by atoms with Crippen LogP contribution < -0.4 is 0 Å². The van der Waals surface area contributed by atoms with Gasteiger partial charge in [-0.25, -0.2) is 0 Å². The van der Waals surface area contributed by atoms with Crippen molar-refractivity contribution in [2.45, 2.75) is 64.2 Å². The number of carbonyl (C=O) groups excluding carboxylic acids is 1. The number of aryl methyl sites for hydroxylation is 2. The molecule has 1 amide bonds. The fourth-order valence-corrected chi connectivity index (χ4v) is 5.03. The van der Waals surface area contributed by atoms with Crippen molar-refractivity contribution in [2.75, 3.05) is 5.75 Å². The van der Waals surface area contributed by atoms with Crippen LogP contribution in [0.25, 0.3) is 16.6 Å². The molecular formula is C21H26N4OS. The maximum atomic E-state index is 12.9. The first-order valence-electron chi connectivity index (χ1n) is 9.65. The Morgan fingerprint density at radius 3 is 2.63 bits per heavy atom. The second-order valence-electron chi connectivity index (χ2n) is 7.75. The molecule has 2 aromatic heterocycles. The van der Waals surface area contributed by atoms with E-state index in [1.807, 2.05) is 0 Å². The van der Waals surface area contributed by atoms with Gasteiger partial charge in [0.1, 0.15) is 0 Å². The number of thioether (sulfide) groups is 1. The predicted molar refractivity (Wildman–Crippen MR) is 110 cm³/mol. The van der Waals surface area contributed by atoms with Crippen LogP contribution in [0.15, 0.2) is 29.4 Å². The van der Waals surface area contributed by atoms with Gasteiger partial charge in [0.15, 0.2) is 10.8 Å². The number of aromatic nitrogens is 3. The average molecular weight is 383 g/mol. The number of likely N-dealkylation sites (tertiary alicyclic amines) is 1.